The number of benzene rings is 2. The van der Waals surface area contributed by atoms with Crippen LogP contribution < -0.4 is 4.74 Å². The molecule has 3 aromatic rings. The first kappa shape index (κ1) is 13.0. The first-order chi connectivity index (χ1) is 9.63. The average Bonchev–Trinajstić information content (AvgIpc) is 2.89. The predicted molar refractivity (Wildman–Crippen MR) is 75.4 cm³/mol. The quantitative estimate of drug-likeness (QED) is 0.521. The predicted octanol–water partition coefficient (Wildman–Crippen LogP) is 4.35. The van der Waals surface area contributed by atoms with Crippen molar-refractivity contribution in [3.63, 3.8) is 0 Å². The van der Waals surface area contributed by atoms with E-state index in [4.69, 9.17) is 32.4 Å². The molecule has 3 rings (SSSR count). The van der Waals surface area contributed by atoms with Gasteiger partial charge >= 0.3 is 5.97 Å². The Hall–Kier alpha value is -2.04. The number of nitrogens with zero attached hydrogens (tertiary/aromatic N) is 1. The molecule has 0 aliphatic rings. The number of carbonyl (C=O) groups excluding carboxylic acids is 1. The van der Waals surface area contributed by atoms with Gasteiger partial charge in [-0.3, -0.25) is 0 Å². The Bertz CT molecular complexity index is 798. The maximum absolute atomic E-state index is 12.0. The Morgan fingerprint density at radius 1 is 1.10 bits per heavy atom. The molecule has 1 aromatic heterocycles. The second-order valence-corrected chi connectivity index (χ2v) is 4.81. The molecule has 0 spiro atoms. The molecular formula is C14H7Cl2NO3. The lowest BCUT2D eigenvalue weighted by molar-refractivity contribution is 0.0735. The van der Waals surface area contributed by atoms with Crippen LogP contribution in [0.5, 0.6) is 5.75 Å². The van der Waals surface area contributed by atoms with Gasteiger partial charge < -0.3 is 9.15 Å². The minimum absolute atomic E-state index is 0.299. The summed E-state index contributed by atoms with van der Waals surface area (Å²) in [5.74, 6) is -0.145. The summed E-state index contributed by atoms with van der Waals surface area (Å²) in [5, 5.41) is 0.681. The number of carbonyl (C=O) groups is 1. The lowest BCUT2D eigenvalue weighted by atomic mass is 10.2. The van der Waals surface area contributed by atoms with Gasteiger partial charge in [-0.2, -0.15) is 0 Å². The van der Waals surface area contributed by atoms with E-state index in [2.05, 4.69) is 4.98 Å². The Morgan fingerprint density at radius 2 is 1.95 bits per heavy atom. The largest absolute Gasteiger partial charge is 0.443 e. The molecule has 0 amide bonds. The highest BCUT2D eigenvalue weighted by molar-refractivity contribution is 6.42. The van der Waals surface area contributed by atoms with Crippen molar-refractivity contribution in [3.05, 3.63) is 58.4 Å². The van der Waals surface area contributed by atoms with Crippen molar-refractivity contribution in [1.82, 2.24) is 4.98 Å². The lowest BCUT2D eigenvalue weighted by Gasteiger charge is -2.05. The van der Waals surface area contributed by atoms with Gasteiger partial charge in [-0.25, -0.2) is 9.78 Å². The Kier molecular flexibility index (Phi) is 3.34. The number of aromatic nitrogens is 1. The van der Waals surface area contributed by atoms with Gasteiger partial charge in [0.15, 0.2) is 12.0 Å². The molecule has 0 saturated heterocycles. The van der Waals surface area contributed by atoms with E-state index >= 15 is 0 Å². The highest BCUT2D eigenvalue weighted by atomic mass is 35.5. The third kappa shape index (κ3) is 2.48. The SMILES string of the molecule is O=C(Oc1ccc2ocnc2c1)c1ccc(Cl)c(Cl)c1. The van der Waals surface area contributed by atoms with Crippen LogP contribution in [0.1, 0.15) is 10.4 Å². The van der Waals surface area contributed by atoms with Crippen LogP contribution in [0.15, 0.2) is 47.2 Å². The monoisotopic (exact) mass is 307 g/mol. The van der Waals surface area contributed by atoms with Gasteiger partial charge in [0.1, 0.15) is 11.3 Å². The summed E-state index contributed by atoms with van der Waals surface area (Å²) in [7, 11) is 0. The van der Waals surface area contributed by atoms with Crippen LogP contribution in [0.3, 0.4) is 0 Å². The zero-order chi connectivity index (χ0) is 14.1. The minimum atomic E-state index is -0.522. The van der Waals surface area contributed by atoms with Crippen LogP contribution in [0.4, 0.5) is 0 Å². The van der Waals surface area contributed by atoms with Gasteiger partial charge in [-0.05, 0) is 30.3 Å². The molecule has 1 heterocycles. The Morgan fingerprint density at radius 3 is 2.75 bits per heavy atom. The van der Waals surface area contributed by atoms with E-state index in [0.717, 1.165) is 0 Å². The summed E-state index contributed by atoms with van der Waals surface area (Å²) >= 11 is 11.7. The zero-order valence-corrected chi connectivity index (χ0v) is 11.5. The molecule has 0 radical (unpaired) electrons. The molecule has 20 heavy (non-hydrogen) atoms. The fourth-order valence-electron chi connectivity index (χ4n) is 1.69. The zero-order valence-electron chi connectivity index (χ0n) is 9.97. The van der Waals surface area contributed by atoms with E-state index in [-0.39, 0.29) is 0 Å². The summed E-state index contributed by atoms with van der Waals surface area (Å²) < 4.78 is 10.4. The fraction of sp³-hybridized carbons (Fsp3) is 0. The molecule has 0 bridgehead atoms. The number of hydrogen-bond acceptors (Lipinski definition) is 4. The van der Waals surface area contributed by atoms with E-state index in [9.17, 15) is 4.79 Å². The van der Waals surface area contributed by atoms with Gasteiger partial charge in [-0.1, -0.05) is 23.2 Å². The standard InChI is InChI=1S/C14H7Cl2NO3/c15-10-3-1-8(5-11(10)16)14(18)20-9-2-4-13-12(6-9)17-7-19-13/h1-7H. The van der Waals surface area contributed by atoms with Crippen molar-refractivity contribution in [3.8, 4) is 5.75 Å². The number of oxazole rings is 1. The third-order valence-electron chi connectivity index (χ3n) is 2.67. The van der Waals surface area contributed by atoms with Crippen molar-refractivity contribution in [2.24, 2.45) is 0 Å². The molecule has 0 N–H and O–H groups in total. The van der Waals surface area contributed by atoms with Crippen LogP contribution in [-0.2, 0) is 0 Å². The first-order valence-electron chi connectivity index (χ1n) is 5.64. The Labute approximate surface area is 123 Å². The first-order valence-corrected chi connectivity index (χ1v) is 6.39. The maximum atomic E-state index is 12.0. The molecular weight excluding hydrogens is 301 g/mol. The molecule has 0 atom stereocenters. The van der Waals surface area contributed by atoms with Gasteiger partial charge in [-0.15, -0.1) is 0 Å². The molecule has 100 valence electrons. The smallest absolute Gasteiger partial charge is 0.343 e. The summed E-state index contributed by atoms with van der Waals surface area (Å²) in [6.45, 7) is 0. The van der Waals surface area contributed by atoms with Gasteiger partial charge in [0.2, 0.25) is 0 Å². The van der Waals surface area contributed by atoms with E-state index in [0.29, 0.717) is 32.5 Å². The molecule has 0 aliphatic carbocycles. The second-order valence-electron chi connectivity index (χ2n) is 4.00. The van der Waals surface area contributed by atoms with Gasteiger partial charge in [0, 0.05) is 6.07 Å². The summed E-state index contributed by atoms with van der Waals surface area (Å²) in [6, 6.07) is 9.48. The second kappa shape index (κ2) is 5.15. The fourth-order valence-corrected chi connectivity index (χ4v) is 1.99. The number of halogens is 2. The van der Waals surface area contributed by atoms with E-state index < -0.39 is 5.97 Å². The van der Waals surface area contributed by atoms with Crippen LogP contribution >= 0.6 is 23.2 Å². The lowest BCUT2D eigenvalue weighted by Crippen LogP contribution is -2.08. The topological polar surface area (TPSA) is 52.3 Å². The van der Waals surface area contributed by atoms with Crippen LogP contribution in [-0.4, -0.2) is 11.0 Å². The normalized spacial score (nSPS) is 10.7. The summed E-state index contributed by atoms with van der Waals surface area (Å²) in [5.41, 5.74) is 1.56. The number of ether oxygens (including phenoxy) is 1. The highest BCUT2D eigenvalue weighted by Gasteiger charge is 2.11. The number of rotatable bonds is 2. The van der Waals surface area contributed by atoms with E-state index in [1.165, 1.54) is 12.5 Å². The molecule has 0 aliphatic heterocycles. The summed E-state index contributed by atoms with van der Waals surface area (Å²) in [6.07, 6.45) is 1.33. The molecule has 0 fully saturated rings. The van der Waals surface area contributed by atoms with Crippen molar-refractivity contribution in [2.75, 3.05) is 0 Å². The third-order valence-corrected chi connectivity index (χ3v) is 3.41. The van der Waals surface area contributed by atoms with Gasteiger partial charge in [0.25, 0.3) is 0 Å². The number of esters is 1. The summed E-state index contributed by atoms with van der Waals surface area (Å²) in [4.78, 5) is 16.0. The molecule has 6 heteroatoms. The van der Waals surface area contributed by atoms with Crippen LogP contribution in [0.25, 0.3) is 11.1 Å². The average molecular weight is 308 g/mol. The number of hydrogen-bond donors (Lipinski definition) is 0. The Balaban J connectivity index is 1.85. The molecule has 2 aromatic carbocycles. The van der Waals surface area contributed by atoms with Crippen LogP contribution in [0.2, 0.25) is 10.0 Å². The highest BCUT2D eigenvalue weighted by Crippen LogP contribution is 2.24. The number of fused-ring (bicyclic) bond motifs is 1. The van der Waals surface area contributed by atoms with Crippen molar-refractivity contribution in [2.45, 2.75) is 0 Å². The van der Waals surface area contributed by atoms with Crippen molar-refractivity contribution in [1.29, 1.82) is 0 Å². The van der Waals surface area contributed by atoms with E-state index in [1.807, 2.05) is 0 Å². The minimum Gasteiger partial charge on any atom is -0.443 e. The molecule has 0 saturated carbocycles. The maximum Gasteiger partial charge on any atom is 0.343 e. The van der Waals surface area contributed by atoms with Crippen molar-refractivity contribution < 1.29 is 13.9 Å². The molecule has 4 nitrogen and oxygen atoms in total. The van der Waals surface area contributed by atoms with Gasteiger partial charge in [0.05, 0.1) is 15.6 Å². The van der Waals surface area contributed by atoms with E-state index in [1.54, 1.807) is 30.3 Å². The van der Waals surface area contributed by atoms with Crippen LogP contribution in [0, 0.1) is 0 Å². The molecule has 0 unspecified atom stereocenters. The van der Waals surface area contributed by atoms with Crippen molar-refractivity contribution >= 4 is 40.3 Å².